The van der Waals surface area contributed by atoms with Gasteiger partial charge in [0, 0.05) is 13.1 Å². The highest BCUT2D eigenvalue weighted by molar-refractivity contribution is 6.43. The Morgan fingerprint density at radius 2 is 2.06 bits per heavy atom. The maximum Gasteiger partial charge on any atom is 0.239 e. The van der Waals surface area contributed by atoms with Crippen molar-refractivity contribution in [3.63, 3.8) is 0 Å². The smallest absolute Gasteiger partial charge is 0.239 e. The van der Waals surface area contributed by atoms with Crippen LogP contribution >= 0.6 is 34.8 Å². The van der Waals surface area contributed by atoms with Crippen molar-refractivity contribution in [3.8, 4) is 0 Å². The molecule has 86 valence electrons. The van der Waals surface area contributed by atoms with E-state index in [4.69, 9.17) is 34.8 Å². The van der Waals surface area contributed by atoms with Gasteiger partial charge in [0.1, 0.15) is 11.0 Å². The zero-order valence-electron chi connectivity index (χ0n) is 8.14. The molecule has 1 fully saturated rings. The van der Waals surface area contributed by atoms with Crippen molar-refractivity contribution in [2.75, 3.05) is 24.5 Å². The molecule has 0 aliphatic carbocycles. The molecule has 1 aliphatic rings. The zero-order chi connectivity index (χ0) is 11.7. The molecule has 1 saturated heterocycles. The lowest BCUT2D eigenvalue weighted by atomic mass is 10.3. The van der Waals surface area contributed by atoms with Gasteiger partial charge in [0.25, 0.3) is 0 Å². The van der Waals surface area contributed by atoms with Crippen LogP contribution in [0, 0.1) is 0 Å². The Labute approximate surface area is 107 Å². The van der Waals surface area contributed by atoms with Crippen LogP contribution in [0.25, 0.3) is 0 Å². The zero-order valence-corrected chi connectivity index (χ0v) is 10.4. The molecule has 7 heteroatoms. The number of pyridine rings is 1. The second-order valence-electron chi connectivity index (χ2n) is 3.34. The van der Waals surface area contributed by atoms with Crippen LogP contribution in [0.4, 0.5) is 5.82 Å². The summed E-state index contributed by atoms with van der Waals surface area (Å²) < 4.78 is 0. The molecule has 4 nitrogen and oxygen atoms in total. The maximum absolute atomic E-state index is 11.2. The fourth-order valence-electron chi connectivity index (χ4n) is 1.48. The van der Waals surface area contributed by atoms with E-state index in [1.54, 1.807) is 4.90 Å². The van der Waals surface area contributed by atoms with Crippen LogP contribution in [0.5, 0.6) is 0 Å². The molecule has 1 amide bonds. The Kier molecular flexibility index (Phi) is 3.42. The van der Waals surface area contributed by atoms with Gasteiger partial charge in [-0.15, -0.1) is 0 Å². The van der Waals surface area contributed by atoms with E-state index in [1.807, 2.05) is 0 Å². The lowest BCUT2D eigenvalue weighted by molar-refractivity contribution is -0.120. The van der Waals surface area contributed by atoms with Gasteiger partial charge in [-0.2, -0.15) is 0 Å². The van der Waals surface area contributed by atoms with Crippen LogP contribution in [0.15, 0.2) is 6.07 Å². The van der Waals surface area contributed by atoms with E-state index in [2.05, 4.69) is 10.3 Å². The van der Waals surface area contributed by atoms with Crippen LogP contribution in [0.2, 0.25) is 15.2 Å². The normalized spacial score (nSPS) is 16.2. The summed E-state index contributed by atoms with van der Waals surface area (Å²) in [6.45, 7) is 1.44. The van der Waals surface area contributed by atoms with Crippen molar-refractivity contribution in [1.29, 1.82) is 0 Å². The molecule has 0 radical (unpaired) electrons. The van der Waals surface area contributed by atoms with Crippen molar-refractivity contribution in [2.45, 2.75) is 0 Å². The fraction of sp³-hybridized carbons (Fsp3) is 0.333. The standard InChI is InChI=1S/C9H8Cl3N3O/c10-5-3-6(11)9(14-8(5)12)15-2-1-13-7(16)4-15/h3H,1-2,4H2,(H,13,16). The average molecular weight is 281 g/mol. The summed E-state index contributed by atoms with van der Waals surface area (Å²) >= 11 is 17.6. The van der Waals surface area contributed by atoms with Crippen molar-refractivity contribution in [3.05, 3.63) is 21.3 Å². The van der Waals surface area contributed by atoms with Gasteiger partial charge < -0.3 is 10.2 Å². The molecule has 2 heterocycles. The van der Waals surface area contributed by atoms with Gasteiger partial charge in [-0.25, -0.2) is 4.98 Å². The molecule has 1 N–H and O–H groups in total. The highest BCUT2D eigenvalue weighted by atomic mass is 35.5. The minimum Gasteiger partial charge on any atom is -0.353 e. The first kappa shape index (κ1) is 11.8. The molecule has 0 unspecified atom stereocenters. The van der Waals surface area contributed by atoms with Gasteiger partial charge in [-0.05, 0) is 6.07 Å². The van der Waals surface area contributed by atoms with Crippen LogP contribution in [0.3, 0.4) is 0 Å². The number of rotatable bonds is 1. The predicted octanol–water partition coefficient (Wildman–Crippen LogP) is 1.98. The second kappa shape index (κ2) is 4.65. The Morgan fingerprint density at radius 3 is 2.75 bits per heavy atom. The number of carbonyl (C=O) groups excluding carboxylic acids is 1. The van der Waals surface area contributed by atoms with Crippen LogP contribution in [-0.2, 0) is 4.79 Å². The predicted molar refractivity (Wildman–Crippen MR) is 64.5 cm³/mol. The van der Waals surface area contributed by atoms with Crippen molar-refractivity contribution in [1.82, 2.24) is 10.3 Å². The number of hydrogen-bond donors (Lipinski definition) is 1. The van der Waals surface area contributed by atoms with Gasteiger partial charge >= 0.3 is 0 Å². The molecule has 0 bridgehead atoms. The van der Waals surface area contributed by atoms with E-state index in [0.29, 0.717) is 29.0 Å². The number of nitrogens with zero attached hydrogens (tertiary/aromatic N) is 2. The highest BCUT2D eigenvalue weighted by Crippen LogP contribution is 2.31. The molecule has 0 saturated carbocycles. The summed E-state index contributed by atoms with van der Waals surface area (Å²) in [6, 6.07) is 1.53. The summed E-state index contributed by atoms with van der Waals surface area (Å²) in [6.07, 6.45) is 0. The summed E-state index contributed by atoms with van der Waals surface area (Å²) in [4.78, 5) is 17.1. The van der Waals surface area contributed by atoms with Crippen molar-refractivity contribution >= 4 is 46.5 Å². The lowest BCUT2D eigenvalue weighted by Gasteiger charge is -2.28. The minimum atomic E-state index is -0.0600. The summed E-state index contributed by atoms with van der Waals surface area (Å²) in [5.41, 5.74) is 0. The van der Waals surface area contributed by atoms with E-state index >= 15 is 0 Å². The molecule has 16 heavy (non-hydrogen) atoms. The molecule has 1 aliphatic heterocycles. The SMILES string of the molecule is O=C1CN(c2nc(Cl)c(Cl)cc2Cl)CCN1. The Hall–Kier alpha value is -0.710. The lowest BCUT2D eigenvalue weighted by Crippen LogP contribution is -2.48. The third-order valence-corrected chi connectivity index (χ3v) is 3.16. The molecular formula is C9H8Cl3N3O. The van der Waals surface area contributed by atoms with Crippen molar-refractivity contribution < 1.29 is 4.79 Å². The Bertz CT molecular complexity index is 438. The van der Waals surface area contributed by atoms with Crippen LogP contribution in [0.1, 0.15) is 0 Å². The highest BCUT2D eigenvalue weighted by Gasteiger charge is 2.20. The third-order valence-electron chi connectivity index (χ3n) is 2.21. The molecule has 1 aromatic rings. The number of anilines is 1. The number of amides is 1. The van der Waals surface area contributed by atoms with Crippen LogP contribution < -0.4 is 10.2 Å². The monoisotopic (exact) mass is 279 g/mol. The Balaban J connectivity index is 2.32. The third kappa shape index (κ3) is 2.34. The summed E-state index contributed by atoms with van der Waals surface area (Å²) in [5, 5.41) is 3.60. The topological polar surface area (TPSA) is 45.2 Å². The van der Waals surface area contributed by atoms with Crippen molar-refractivity contribution in [2.24, 2.45) is 0 Å². The van der Waals surface area contributed by atoms with E-state index in [-0.39, 0.29) is 17.6 Å². The van der Waals surface area contributed by atoms with E-state index in [1.165, 1.54) is 6.07 Å². The molecule has 0 aromatic carbocycles. The molecule has 0 spiro atoms. The van der Waals surface area contributed by atoms with Gasteiger partial charge in [-0.3, -0.25) is 4.79 Å². The van der Waals surface area contributed by atoms with Gasteiger partial charge in [-0.1, -0.05) is 34.8 Å². The van der Waals surface area contributed by atoms with E-state index in [9.17, 15) is 4.79 Å². The van der Waals surface area contributed by atoms with Gasteiger partial charge in [0.05, 0.1) is 16.6 Å². The minimum absolute atomic E-state index is 0.0600. The quantitative estimate of drug-likeness (QED) is 0.800. The van der Waals surface area contributed by atoms with Gasteiger partial charge in [0.2, 0.25) is 5.91 Å². The number of nitrogens with one attached hydrogen (secondary N) is 1. The van der Waals surface area contributed by atoms with Crippen LogP contribution in [-0.4, -0.2) is 30.5 Å². The number of aromatic nitrogens is 1. The first-order chi connectivity index (χ1) is 7.58. The summed E-state index contributed by atoms with van der Waals surface area (Å²) in [5.74, 6) is 0.432. The first-order valence-corrected chi connectivity index (χ1v) is 5.74. The maximum atomic E-state index is 11.2. The van der Waals surface area contributed by atoms with E-state index < -0.39 is 0 Å². The number of hydrogen-bond acceptors (Lipinski definition) is 3. The Morgan fingerprint density at radius 1 is 1.31 bits per heavy atom. The first-order valence-electron chi connectivity index (χ1n) is 4.61. The van der Waals surface area contributed by atoms with E-state index in [0.717, 1.165) is 0 Å². The van der Waals surface area contributed by atoms with Gasteiger partial charge in [0.15, 0.2) is 0 Å². The number of piperazine rings is 1. The summed E-state index contributed by atoms with van der Waals surface area (Å²) in [7, 11) is 0. The molecular weight excluding hydrogens is 272 g/mol. The number of halogens is 3. The number of carbonyl (C=O) groups is 1. The fourth-order valence-corrected chi connectivity index (χ4v) is 2.09. The largest absolute Gasteiger partial charge is 0.353 e. The molecule has 1 aromatic heterocycles. The molecule has 0 atom stereocenters. The molecule has 2 rings (SSSR count). The average Bonchev–Trinajstić information content (AvgIpc) is 2.23. The second-order valence-corrected chi connectivity index (χ2v) is 4.51.